The van der Waals surface area contributed by atoms with Crippen LogP contribution in [0.15, 0.2) is 40.9 Å². The average Bonchev–Trinajstić information content (AvgIpc) is 3.00. The van der Waals surface area contributed by atoms with Crippen LogP contribution in [0.25, 0.3) is 22.4 Å². The molecular formula is C17H15N3O4. The van der Waals surface area contributed by atoms with Crippen molar-refractivity contribution in [3.8, 4) is 11.3 Å². The second-order valence-electron chi connectivity index (χ2n) is 5.12. The molecule has 1 aromatic carbocycles. The molecule has 3 rings (SSSR count). The third kappa shape index (κ3) is 2.96. The summed E-state index contributed by atoms with van der Waals surface area (Å²) in [5, 5.41) is 6.74. The van der Waals surface area contributed by atoms with Crippen molar-refractivity contribution in [3.63, 3.8) is 0 Å². The van der Waals surface area contributed by atoms with E-state index >= 15 is 0 Å². The van der Waals surface area contributed by atoms with Crippen molar-refractivity contribution in [1.29, 1.82) is 0 Å². The Morgan fingerprint density at radius 1 is 1.25 bits per heavy atom. The first-order valence-electron chi connectivity index (χ1n) is 7.30. The quantitative estimate of drug-likeness (QED) is 0.738. The minimum atomic E-state index is -0.630. The molecule has 0 aliphatic heterocycles. The van der Waals surface area contributed by atoms with Crippen LogP contribution >= 0.6 is 0 Å². The summed E-state index contributed by atoms with van der Waals surface area (Å²) in [6.45, 7) is 1.36. The average molecular weight is 325 g/mol. The van der Waals surface area contributed by atoms with Crippen molar-refractivity contribution < 1.29 is 18.8 Å². The molecule has 24 heavy (non-hydrogen) atoms. The monoisotopic (exact) mass is 325 g/mol. The third-order valence-corrected chi connectivity index (χ3v) is 3.52. The molecular weight excluding hydrogens is 310 g/mol. The van der Waals surface area contributed by atoms with Gasteiger partial charge >= 0.3 is 5.97 Å². The number of carbonyl (C=O) groups excluding carboxylic acids is 2. The Balaban J connectivity index is 2.06. The highest BCUT2D eigenvalue weighted by molar-refractivity contribution is 6.04. The van der Waals surface area contributed by atoms with Gasteiger partial charge in [-0.3, -0.25) is 4.79 Å². The van der Waals surface area contributed by atoms with Crippen molar-refractivity contribution >= 4 is 23.0 Å². The van der Waals surface area contributed by atoms with E-state index in [2.05, 4.69) is 15.5 Å². The number of amides is 1. The summed E-state index contributed by atoms with van der Waals surface area (Å²) in [7, 11) is 1.47. The number of rotatable bonds is 4. The third-order valence-electron chi connectivity index (χ3n) is 3.52. The number of benzene rings is 1. The number of ether oxygens (including phenoxy) is 1. The van der Waals surface area contributed by atoms with E-state index in [0.717, 1.165) is 5.56 Å². The highest BCUT2D eigenvalue weighted by Crippen LogP contribution is 2.27. The maximum Gasteiger partial charge on any atom is 0.339 e. The van der Waals surface area contributed by atoms with Crippen LogP contribution in [0.1, 0.15) is 16.1 Å². The lowest BCUT2D eigenvalue weighted by Crippen LogP contribution is -2.25. The minimum absolute atomic E-state index is 0.251. The van der Waals surface area contributed by atoms with Crippen LogP contribution in [0.2, 0.25) is 0 Å². The van der Waals surface area contributed by atoms with Crippen LogP contribution in [0, 0.1) is 6.92 Å². The number of aromatic nitrogens is 2. The SMILES string of the molecule is CNC(=O)COC(=O)c1cc(-c2ccccc2)nc2onc(C)c12. The first-order valence-corrected chi connectivity index (χ1v) is 7.30. The smallest absolute Gasteiger partial charge is 0.339 e. The van der Waals surface area contributed by atoms with Crippen molar-refractivity contribution in [3.05, 3.63) is 47.7 Å². The molecule has 7 nitrogen and oxygen atoms in total. The van der Waals surface area contributed by atoms with E-state index in [9.17, 15) is 9.59 Å². The summed E-state index contributed by atoms with van der Waals surface area (Å²) in [6, 6.07) is 11.0. The van der Waals surface area contributed by atoms with Gasteiger partial charge < -0.3 is 14.6 Å². The maximum atomic E-state index is 12.4. The summed E-state index contributed by atoms with van der Waals surface area (Å²) in [5.74, 6) is -1.02. The Labute approximate surface area is 137 Å². The van der Waals surface area contributed by atoms with Gasteiger partial charge in [0.05, 0.1) is 22.3 Å². The van der Waals surface area contributed by atoms with E-state index < -0.39 is 5.97 Å². The van der Waals surface area contributed by atoms with Gasteiger partial charge in [-0.05, 0) is 13.0 Å². The predicted molar refractivity (Wildman–Crippen MR) is 86.3 cm³/mol. The van der Waals surface area contributed by atoms with Gasteiger partial charge in [-0.25, -0.2) is 9.78 Å². The molecule has 122 valence electrons. The summed E-state index contributed by atoms with van der Waals surface area (Å²) in [5.41, 5.74) is 2.44. The minimum Gasteiger partial charge on any atom is -0.452 e. The van der Waals surface area contributed by atoms with Gasteiger partial charge in [0, 0.05) is 12.6 Å². The molecule has 0 saturated heterocycles. The second-order valence-corrected chi connectivity index (χ2v) is 5.12. The van der Waals surface area contributed by atoms with Gasteiger partial charge in [-0.1, -0.05) is 35.5 Å². The molecule has 0 aliphatic rings. The zero-order chi connectivity index (χ0) is 17.1. The van der Waals surface area contributed by atoms with Crippen molar-refractivity contribution in [2.75, 3.05) is 13.7 Å². The summed E-state index contributed by atoms with van der Waals surface area (Å²) in [4.78, 5) is 28.1. The summed E-state index contributed by atoms with van der Waals surface area (Å²) < 4.78 is 10.3. The van der Waals surface area contributed by atoms with E-state index in [4.69, 9.17) is 9.26 Å². The molecule has 2 heterocycles. The van der Waals surface area contributed by atoms with E-state index in [0.29, 0.717) is 16.8 Å². The molecule has 0 saturated carbocycles. The Morgan fingerprint density at radius 2 is 2.00 bits per heavy atom. The normalized spacial score (nSPS) is 10.6. The molecule has 1 N–H and O–H groups in total. The van der Waals surface area contributed by atoms with Gasteiger partial charge in [0.2, 0.25) is 0 Å². The first kappa shape index (κ1) is 15.7. The van der Waals surface area contributed by atoms with Crippen molar-refractivity contribution in [1.82, 2.24) is 15.5 Å². The fraction of sp³-hybridized carbons (Fsp3) is 0.176. The number of aryl methyl sites for hydroxylation is 1. The van der Waals surface area contributed by atoms with E-state index in [1.165, 1.54) is 7.05 Å². The molecule has 0 spiro atoms. The molecule has 2 aromatic heterocycles. The fourth-order valence-electron chi connectivity index (χ4n) is 2.29. The molecule has 0 bridgehead atoms. The molecule has 3 aromatic rings. The Morgan fingerprint density at radius 3 is 2.71 bits per heavy atom. The van der Waals surface area contributed by atoms with Gasteiger partial charge in [-0.2, -0.15) is 0 Å². The van der Waals surface area contributed by atoms with Crippen LogP contribution < -0.4 is 5.32 Å². The molecule has 7 heteroatoms. The first-order chi connectivity index (χ1) is 11.6. The maximum absolute atomic E-state index is 12.4. The van der Waals surface area contributed by atoms with Crippen LogP contribution in [-0.4, -0.2) is 35.7 Å². The van der Waals surface area contributed by atoms with Crippen LogP contribution in [-0.2, 0) is 9.53 Å². The topological polar surface area (TPSA) is 94.3 Å². The summed E-state index contributed by atoms with van der Waals surface area (Å²) >= 11 is 0. The number of nitrogens with one attached hydrogen (secondary N) is 1. The lowest BCUT2D eigenvalue weighted by molar-refractivity contribution is -0.123. The van der Waals surface area contributed by atoms with Crippen LogP contribution in [0.4, 0.5) is 0 Å². The number of esters is 1. The number of nitrogens with zero attached hydrogens (tertiary/aromatic N) is 2. The van der Waals surface area contributed by atoms with E-state index in [-0.39, 0.29) is 23.8 Å². The Bertz CT molecular complexity index is 903. The Kier molecular flexibility index (Phi) is 4.24. The highest BCUT2D eigenvalue weighted by atomic mass is 16.5. The van der Waals surface area contributed by atoms with Gasteiger partial charge in [-0.15, -0.1) is 0 Å². The summed E-state index contributed by atoms with van der Waals surface area (Å²) in [6.07, 6.45) is 0. The number of pyridine rings is 1. The second kappa shape index (κ2) is 6.49. The Hall–Kier alpha value is -3.22. The van der Waals surface area contributed by atoms with Crippen molar-refractivity contribution in [2.45, 2.75) is 6.92 Å². The highest BCUT2D eigenvalue weighted by Gasteiger charge is 2.21. The zero-order valence-electron chi connectivity index (χ0n) is 13.2. The number of hydrogen-bond acceptors (Lipinski definition) is 6. The molecule has 0 atom stereocenters. The predicted octanol–water partition coefficient (Wildman–Crippen LogP) is 2.10. The standard InChI is InChI=1S/C17H15N3O4/c1-10-15-12(17(22)23-9-14(21)18-2)8-13(19-16(15)24-20-10)11-6-4-3-5-7-11/h3-8H,9H2,1-2H3,(H,18,21). The zero-order valence-corrected chi connectivity index (χ0v) is 13.2. The largest absolute Gasteiger partial charge is 0.452 e. The van der Waals surface area contributed by atoms with Gasteiger partial charge in [0.25, 0.3) is 11.6 Å². The number of fused-ring (bicyclic) bond motifs is 1. The fourth-order valence-corrected chi connectivity index (χ4v) is 2.29. The van der Waals surface area contributed by atoms with E-state index in [1.54, 1.807) is 13.0 Å². The molecule has 0 aliphatic carbocycles. The molecule has 1 amide bonds. The van der Waals surface area contributed by atoms with Gasteiger partial charge in [0.1, 0.15) is 0 Å². The number of likely N-dealkylation sites (N-methyl/N-ethyl adjacent to an activating group) is 1. The number of carbonyl (C=O) groups is 2. The van der Waals surface area contributed by atoms with Crippen LogP contribution in [0.3, 0.4) is 0 Å². The van der Waals surface area contributed by atoms with Crippen molar-refractivity contribution in [2.24, 2.45) is 0 Å². The number of hydrogen-bond donors (Lipinski definition) is 1. The van der Waals surface area contributed by atoms with Crippen LogP contribution in [0.5, 0.6) is 0 Å². The lowest BCUT2D eigenvalue weighted by atomic mass is 10.1. The molecule has 0 radical (unpaired) electrons. The van der Waals surface area contributed by atoms with Gasteiger partial charge in [0.15, 0.2) is 6.61 Å². The molecule has 0 unspecified atom stereocenters. The van der Waals surface area contributed by atoms with E-state index in [1.807, 2.05) is 30.3 Å². The molecule has 0 fully saturated rings. The lowest BCUT2D eigenvalue weighted by Gasteiger charge is -2.07.